The number of allylic oxidation sites excluding steroid dienone is 1. The fourth-order valence-corrected chi connectivity index (χ4v) is 2.53. The summed E-state index contributed by atoms with van der Waals surface area (Å²) in [6.45, 7) is 3.29. The number of hydrogen-bond donors (Lipinski definition) is 0. The second-order valence-electron chi connectivity index (χ2n) is 4.66. The third kappa shape index (κ3) is 1.76. The summed E-state index contributed by atoms with van der Waals surface area (Å²) in [5, 5.41) is 1.01. The number of esters is 1. The number of carbonyl (C=O) groups excluding carboxylic acids is 1. The minimum absolute atomic E-state index is 0.0674. The first kappa shape index (κ1) is 11.7. The van der Waals surface area contributed by atoms with Gasteiger partial charge in [0.1, 0.15) is 5.75 Å². The largest absolute Gasteiger partial charge is 0.426 e. The first-order valence-corrected chi connectivity index (χ1v) is 6.11. The Morgan fingerprint density at radius 3 is 2.89 bits per heavy atom. The van der Waals surface area contributed by atoms with Gasteiger partial charge in [-0.25, -0.2) is 0 Å². The fourth-order valence-electron chi connectivity index (χ4n) is 2.53. The fraction of sp³-hybridized carbons (Fsp3) is 0.200. The van der Waals surface area contributed by atoms with Crippen LogP contribution in [0.1, 0.15) is 18.1 Å². The first-order chi connectivity index (χ1) is 9.08. The van der Waals surface area contributed by atoms with Crippen molar-refractivity contribution in [2.75, 3.05) is 0 Å². The van der Waals surface area contributed by atoms with Crippen LogP contribution in [0.3, 0.4) is 0 Å². The van der Waals surface area contributed by atoms with Gasteiger partial charge in [0.2, 0.25) is 0 Å². The molecule has 0 aliphatic carbocycles. The van der Waals surface area contributed by atoms with Gasteiger partial charge in [0.25, 0.3) is 5.56 Å². The molecule has 4 nitrogen and oxygen atoms in total. The van der Waals surface area contributed by atoms with Crippen LogP contribution in [-0.2, 0) is 11.2 Å². The number of nitrogens with zero attached hydrogens (tertiary/aromatic N) is 1. The number of hydrogen-bond acceptors (Lipinski definition) is 3. The van der Waals surface area contributed by atoms with E-state index in [0.29, 0.717) is 12.2 Å². The lowest BCUT2D eigenvalue weighted by Gasteiger charge is -2.18. The van der Waals surface area contributed by atoms with E-state index < -0.39 is 0 Å². The van der Waals surface area contributed by atoms with Crippen molar-refractivity contribution >= 4 is 23.1 Å². The molecule has 19 heavy (non-hydrogen) atoms. The van der Waals surface area contributed by atoms with Crippen LogP contribution in [0.15, 0.2) is 29.1 Å². The zero-order valence-corrected chi connectivity index (χ0v) is 10.8. The third-order valence-electron chi connectivity index (χ3n) is 3.31. The van der Waals surface area contributed by atoms with Gasteiger partial charge in [0, 0.05) is 30.1 Å². The van der Waals surface area contributed by atoms with E-state index in [4.69, 9.17) is 4.74 Å². The first-order valence-electron chi connectivity index (χ1n) is 6.11. The van der Waals surface area contributed by atoms with Crippen LogP contribution >= 0.6 is 0 Å². The Labute approximate surface area is 109 Å². The summed E-state index contributed by atoms with van der Waals surface area (Å²) >= 11 is 0. The topological polar surface area (TPSA) is 48.3 Å². The van der Waals surface area contributed by atoms with Gasteiger partial charge < -0.3 is 4.74 Å². The molecule has 1 aromatic carbocycles. The number of rotatable bonds is 1. The Bertz CT molecular complexity index is 784. The van der Waals surface area contributed by atoms with Gasteiger partial charge in [-0.05, 0) is 31.0 Å². The minimum atomic E-state index is -0.355. The van der Waals surface area contributed by atoms with Crippen LogP contribution in [0, 0.1) is 6.92 Å². The number of ether oxygens (including phenoxy) is 1. The van der Waals surface area contributed by atoms with Crippen LogP contribution in [0.4, 0.5) is 0 Å². The Hall–Kier alpha value is -2.36. The van der Waals surface area contributed by atoms with Crippen molar-refractivity contribution in [3.8, 4) is 5.75 Å². The minimum Gasteiger partial charge on any atom is -0.426 e. The van der Waals surface area contributed by atoms with Crippen LogP contribution in [-0.4, -0.2) is 10.5 Å². The Balaban J connectivity index is 2.42. The maximum Gasteiger partial charge on any atom is 0.308 e. The van der Waals surface area contributed by atoms with E-state index in [9.17, 15) is 9.59 Å². The van der Waals surface area contributed by atoms with E-state index in [1.54, 1.807) is 22.9 Å². The molecule has 4 heteroatoms. The van der Waals surface area contributed by atoms with Crippen LogP contribution in [0.2, 0.25) is 0 Å². The maximum atomic E-state index is 12.0. The molecule has 2 aromatic rings. The van der Waals surface area contributed by atoms with Crippen molar-refractivity contribution in [2.24, 2.45) is 0 Å². The monoisotopic (exact) mass is 255 g/mol. The lowest BCUT2D eigenvalue weighted by atomic mass is 10.0. The summed E-state index contributed by atoms with van der Waals surface area (Å²) in [6, 6.07) is 5.30. The molecule has 1 aliphatic heterocycles. The molecule has 0 spiro atoms. The highest BCUT2D eigenvalue weighted by Gasteiger charge is 2.17. The van der Waals surface area contributed by atoms with Gasteiger partial charge in [-0.1, -0.05) is 6.08 Å². The highest BCUT2D eigenvalue weighted by molar-refractivity contribution is 5.90. The molecule has 0 amide bonds. The molecule has 0 saturated carbocycles. The molecule has 1 aliphatic rings. The van der Waals surface area contributed by atoms with Crippen molar-refractivity contribution in [3.63, 3.8) is 0 Å². The predicted molar refractivity (Wildman–Crippen MR) is 73.3 cm³/mol. The van der Waals surface area contributed by atoms with Crippen molar-refractivity contribution < 1.29 is 9.53 Å². The molecule has 0 atom stereocenters. The molecule has 0 saturated heterocycles. The molecular formula is C15H13NO3. The van der Waals surface area contributed by atoms with E-state index >= 15 is 0 Å². The normalized spacial score (nSPS) is 12.7. The molecule has 1 aromatic heterocycles. The number of carbonyl (C=O) groups is 1. The molecule has 0 fully saturated rings. The average molecular weight is 255 g/mol. The van der Waals surface area contributed by atoms with Crippen LogP contribution in [0.25, 0.3) is 17.1 Å². The van der Waals surface area contributed by atoms with E-state index in [1.165, 1.54) is 6.92 Å². The Morgan fingerprint density at radius 1 is 1.37 bits per heavy atom. The summed E-state index contributed by atoms with van der Waals surface area (Å²) in [5.41, 5.74) is 2.59. The Kier molecular flexibility index (Phi) is 2.52. The zero-order valence-electron chi connectivity index (χ0n) is 10.8. The van der Waals surface area contributed by atoms with E-state index in [2.05, 4.69) is 0 Å². The van der Waals surface area contributed by atoms with Gasteiger partial charge in [0.05, 0.1) is 5.52 Å². The van der Waals surface area contributed by atoms with E-state index in [1.807, 2.05) is 19.1 Å². The van der Waals surface area contributed by atoms with Gasteiger partial charge in [-0.2, -0.15) is 0 Å². The van der Waals surface area contributed by atoms with Crippen molar-refractivity contribution in [3.05, 3.63) is 45.8 Å². The number of pyridine rings is 1. The highest BCUT2D eigenvalue weighted by atomic mass is 16.5. The number of benzene rings is 1. The second kappa shape index (κ2) is 4.09. The SMILES string of the molecule is CC(=O)Oc1ccc2c(C)cc(=O)n3c2c1CC=C3. The van der Waals surface area contributed by atoms with E-state index in [-0.39, 0.29) is 11.5 Å². The number of aromatic nitrogens is 1. The standard InChI is InChI=1S/C15H13NO3/c1-9-8-14(18)16-7-3-4-12-13(19-10(2)17)6-5-11(9)15(12)16/h3,5-8H,4H2,1-2H3. The molecule has 3 rings (SSSR count). The van der Waals surface area contributed by atoms with Crippen molar-refractivity contribution in [2.45, 2.75) is 20.3 Å². The summed E-state index contributed by atoms with van der Waals surface area (Å²) in [4.78, 5) is 23.2. The van der Waals surface area contributed by atoms with Gasteiger partial charge >= 0.3 is 5.97 Å². The van der Waals surface area contributed by atoms with Gasteiger partial charge in [0.15, 0.2) is 0 Å². The van der Waals surface area contributed by atoms with Crippen LogP contribution < -0.4 is 10.3 Å². The quantitative estimate of drug-likeness (QED) is 0.580. The van der Waals surface area contributed by atoms with Crippen molar-refractivity contribution in [1.82, 2.24) is 4.57 Å². The lowest BCUT2D eigenvalue weighted by Crippen LogP contribution is -2.19. The van der Waals surface area contributed by atoms with Gasteiger partial charge in [-0.15, -0.1) is 0 Å². The van der Waals surface area contributed by atoms with E-state index in [0.717, 1.165) is 22.0 Å². The molecule has 2 heterocycles. The average Bonchev–Trinajstić information content (AvgIpc) is 2.36. The highest BCUT2D eigenvalue weighted by Crippen LogP contribution is 2.31. The molecule has 96 valence electrons. The van der Waals surface area contributed by atoms with Crippen LogP contribution in [0.5, 0.6) is 5.75 Å². The second-order valence-corrected chi connectivity index (χ2v) is 4.66. The summed E-state index contributed by atoms with van der Waals surface area (Å²) in [5.74, 6) is 0.176. The smallest absolute Gasteiger partial charge is 0.308 e. The predicted octanol–water partition coefficient (Wildman–Crippen LogP) is 2.26. The molecule has 0 radical (unpaired) electrons. The third-order valence-corrected chi connectivity index (χ3v) is 3.31. The zero-order chi connectivity index (χ0) is 13.6. The molecule has 0 bridgehead atoms. The molecule has 0 unspecified atom stereocenters. The van der Waals surface area contributed by atoms with Gasteiger partial charge in [-0.3, -0.25) is 14.2 Å². The summed E-state index contributed by atoms with van der Waals surface area (Å²) in [6.07, 6.45) is 4.32. The Morgan fingerprint density at radius 2 is 2.16 bits per heavy atom. The summed E-state index contributed by atoms with van der Waals surface area (Å²) in [7, 11) is 0. The lowest BCUT2D eigenvalue weighted by molar-refractivity contribution is -0.131. The number of aryl methyl sites for hydroxylation is 1. The maximum absolute atomic E-state index is 12.0. The summed E-state index contributed by atoms with van der Waals surface area (Å²) < 4.78 is 6.83. The molecule has 0 N–H and O–H groups in total. The molecular weight excluding hydrogens is 242 g/mol. The van der Waals surface area contributed by atoms with Crippen molar-refractivity contribution in [1.29, 1.82) is 0 Å².